The molecule has 4 aromatic heterocycles. The number of hydrogen-bond donors (Lipinski definition) is 6. The summed E-state index contributed by atoms with van der Waals surface area (Å²) in [6, 6.07) is 10.2. The van der Waals surface area contributed by atoms with Crippen molar-refractivity contribution in [3.05, 3.63) is 94.8 Å². The number of amides is 2. The Morgan fingerprint density at radius 1 is 0.795 bits per heavy atom. The maximum absolute atomic E-state index is 13.1. The molecule has 1 atom stereocenters. The number of hydrogen-bond acceptors (Lipinski definition) is 20. The SMILES string of the molecule is Nc1cc(-c2nn(Cc3ccc4c(c3)CCN(C(=O)CCOCCOCCOCCOCCNC(=O)c3cnc(N5CCN(c6ncc7c(n6)CCNC7)C[C@@H]5C(=O)O)nc3)C4)c3ncnc(N)c23)ccc1O. The van der Waals surface area contributed by atoms with Crippen molar-refractivity contribution in [3.63, 3.8) is 0 Å². The van der Waals surface area contributed by atoms with Gasteiger partial charge in [-0.3, -0.25) is 9.59 Å². The number of phenols is 1. The van der Waals surface area contributed by atoms with E-state index in [9.17, 15) is 24.6 Å². The van der Waals surface area contributed by atoms with Crippen LogP contribution in [0.25, 0.3) is 22.3 Å². The molecule has 3 aliphatic heterocycles. The van der Waals surface area contributed by atoms with E-state index in [4.69, 9.17) is 40.5 Å². The molecule has 0 saturated carbocycles. The number of aromatic nitrogens is 8. The molecule has 24 nitrogen and oxygen atoms in total. The predicted molar refractivity (Wildman–Crippen MR) is 267 cm³/mol. The van der Waals surface area contributed by atoms with Crippen LogP contribution in [0.4, 0.5) is 23.4 Å². The van der Waals surface area contributed by atoms with Crippen LogP contribution >= 0.6 is 0 Å². The van der Waals surface area contributed by atoms with Gasteiger partial charge in [-0.15, -0.1) is 0 Å². The normalized spacial score (nSPS) is 15.6. The Morgan fingerprint density at radius 3 is 2.32 bits per heavy atom. The van der Waals surface area contributed by atoms with Crippen LogP contribution in [0.1, 0.15) is 44.7 Å². The van der Waals surface area contributed by atoms with Gasteiger partial charge in [-0.1, -0.05) is 18.2 Å². The Hall–Kier alpha value is -7.64. The van der Waals surface area contributed by atoms with E-state index in [0.29, 0.717) is 113 Å². The summed E-state index contributed by atoms with van der Waals surface area (Å²) >= 11 is 0. The molecular weight excluding hydrogens is 943 g/mol. The lowest BCUT2D eigenvalue weighted by Gasteiger charge is -2.39. The molecule has 0 bridgehead atoms. The minimum Gasteiger partial charge on any atom is -0.506 e. The molecule has 0 aliphatic carbocycles. The fraction of sp³-hybridized carbons (Fsp3) is 0.429. The average Bonchev–Trinajstić information content (AvgIpc) is 3.78. The number of benzene rings is 2. The highest BCUT2D eigenvalue weighted by Crippen LogP contribution is 2.34. The number of anilines is 4. The number of nitrogens with two attached hydrogens (primary N) is 2. The van der Waals surface area contributed by atoms with Crippen molar-refractivity contribution >= 4 is 52.2 Å². The zero-order chi connectivity index (χ0) is 50.7. The Kier molecular flexibility index (Phi) is 16.3. The standard InChI is InChI=1S/C49H59N15O9/c50-37-22-33(3-4-40(37)65)43-42-44(51)57-30-58-45(42)64(60-43)27-31-1-2-34-28-61(10-6-32(34)21-31)41(66)7-13-70-15-17-72-19-20-73-18-16-71-14-9-53-46(67)36-25-54-48(55-26-36)63-12-11-62(29-39(63)47(68)69)49-56-24-35-23-52-8-5-38(35)59-49/h1-4,21-22,24-26,30,39,52,65H,5-20,23,27-29,50H2,(H,53,67)(H,68,69)(H2,51,57,58)/t39-/m1/s1. The number of rotatable bonds is 22. The Morgan fingerprint density at radius 2 is 1.55 bits per heavy atom. The second-order valence-electron chi connectivity index (χ2n) is 17.7. The topological polar surface area (TPSA) is 310 Å². The van der Waals surface area contributed by atoms with Crippen molar-refractivity contribution in [3.8, 4) is 17.0 Å². The van der Waals surface area contributed by atoms with Gasteiger partial charge in [-0.05, 0) is 41.3 Å². The first-order valence-electron chi connectivity index (χ1n) is 24.2. The highest BCUT2D eigenvalue weighted by Gasteiger charge is 2.35. The summed E-state index contributed by atoms with van der Waals surface area (Å²) in [7, 11) is 0. The van der Waals surface area contributed by atoms with Gasteiger partial charge in [0.25, 0.3) is 5.91 Å². The number of phenolic OH excluding ortho intramolecular Hbond substituents is 1. The van der Waals surface area contributed by atoms with Gasteiger partial charge >= 0.3 is 5.97 Å². The second kappa shape index (κ2) is 23.7. The van der Waals surface area contributed by atoms with Gasteiger partial charge in [0.2, 0.25) is 17.8 Å². The van der Waals surface area contributed by atoms with Crippen molar-refractivity contribution in [2.24, 2.45) is 0 Å². The molecule has 1 fully saturated rings. The van der Waals surface area contributed by atoms with Gasteiger partial charge in [0.05, 0.1) is 94.7 Å². The number of carbonyl (C=O) groups excluding carboxylic acids is 2. The number of piperazine rings is 1. The first-order chi connectivity index (χ1) is 35.6. The Balaban J connectivity index is 0.597. The van der Waals surface area contributed by atoms with Gasteiger partial charge in [0.15, 0.2) is 5.65 Å². The Labute approximate surface area is 420 Å². The van der Waals surface area contributed by atoms with Gasteiger partial charge in [-0.2, -0.15) is 5.10 Å². The van der Waals surface area contributed by atoms with Crippen LogP contribution in [0, 0.1) is 0 Å². The molecule has 6 aromatic rings. The molecule has 2 amide bonds. The van der Waals surface area contributed by atoms with Crippen molar-refractivity contribution in [2.45, 2.75) is 44.9 Å². The van der Waals surface area contributed by atoms with Crippen molar-refractivity contribution in [1.29, 1.82) is 0 Å². The molecule has 24 heteroatoms. The maximum atomic E-state index is 13.1. The van der Waals surface area contributed by atoms with E-state index >= 15 is 0 Å². The first kappa shape index (κ1) is 50.3. The number of carbonyl (C=O) groups is 3. The van der Waals surface area contributed by atoms with E-state index in [2.05, 4.69) is 47.7 Å². The molecule has 0 spiro atoms. The van der Waals surface area contributed by atoms with Crippen LogP contribution in [0.15, 0.2) is 61.3 Å². The zero-order valence-corrected chi connectivity index (χ0v) is 40.3. The van der Waals surface area contributed by atoms with Crippen LogP contribution in [0.5, 0.6) is 5.75 Å². The van der Waals surface area contributed by atoms with Crippen LogP contribution in [0.3, 0.4) is 0 Å². The number of aliphatic carboxylic acids is 1. The second-order valence-corrected chi connectivity index (χ2v) is 17.7. The van der Waals surface area contributed by atoms with Crippen molar-refractivity contribution in [2.75, 3.05) is 113 Å². The third-order valence-electron chi connectivity index (χ3n) is 12.8. The lowest BCUT2D eigenvalue weighted by molar-refractivity contribution is -0.138. The lowest BCUT2D eigenvalue weighted by atomic mass is 9.97. The number of aromatic hydroxyl groups is 1. The molecule has 9 rings (SSSR count). The molecule has 2 aromatic carbocycles. The van der Waals surface area contributed by atoms with E-state index in [0.717, 1.165) is 48.3 Å². The van der Waals surface area contributed by atoms with Crippen molar-refractivity contribution < 1.29 is 43.5 Å². The number of fused-ring (bicyclic) bond motifs is 3. The zero-order valence-electron chi connectivity index (χ0n) is 40.3. The molecule has 384 valence electrons. The van der Waals surface area contributed by atoms with Crippen LogP contribution in [-0.4, -0.2) is 171 Å². The lowest BCUT2D eigenvalue weighted by Crippen LogP contribution is -2.57. The molecule has 1 saturated heterocycles. The highest BCUT2D eigenvalue weighted by atomic mass is 16.6. The number of ether oxygens (including phenoxy) is 4. The van der Waals surface area contributed by atoms with Gasteiger partial charge in [-0.25, -0.2) is 39.4 Å². The van der Waals surface area contributed by atoms with E-state index < -0.39 is 12.0 Å². The molecule has 8 N–H and O–H groups in total. The van der Waals surface area contributed by atoms with Crippen LogP contribution < -0.4 is 31.9 Å². The Bertz CT molecular complexity index is 2910. The monoisotopic (exact) mass is 1000 g/mol. The molecular formula is C49H59N15O9. The largest absolute Gasteiger partial charge is 0.506 e. The van der Waals surface area contributed by atoms with E-state index in [-0.39, 0.29) is 60.9 Å². The summed E-state index contributed by atoms with van der Waals surface area (Å²) in [5.41, 5.74) is 19.9. The van der Waals surface area contributed by atoms with Crippen LogP contribution in [0.2, 0.25) is 0 Å². The fourth-order valence-corrected chi connectivity index (χ4v) is 8.93. The number of nitrogens with zero attached hydrogens (tertiary/aromatic N) is 11. The summed E-state index contributed by atoms with van der Waals surface area (Å²) in [6.07, 6.45) is 7.78. The van der Waals surface area contributed by atoms with Gasteiger partial charge < -0.3 is 66.0 Å². The average molecular weight is 1000 g/mol. The predicted octanol–water partition coefficient (Wildman–Crippen LogP) is 1.19. The highest BCUT2D eigenvalue weighted by molar-refractivity contribution is 5.98. The van der Waals surface area contributed by atoms with E-state index in [1.54, 1.807) is 27.9 Å². The number of carboxylic acid groups (broad SMARTS) is 1. The van der Waals surface area contributed by atoms with E-state index in [1.807, 2.05) is 15.9 Å². The molecule has 7 heterocycles. The fourth-order valence-electron chi connectivity index (χ4n) is 8.93. The maximum Gasteiger partial charge on any atom is 0.328 e. The summed E-state index contributed by atoms with van der Waals surface area (Å²) < 4.78 is 24.2. The molecule has 3 aliphatic rings. The first-order valence-corrected chi connectivity index (χ1v) is 24.2. The summed E-state index contributed by atoms with van der Waals surface area (Å²) in [6.45, 7) is 7.11. The number of nitrogens with one attached hydrogen (secondary N) is 2. The quantitative estimate of drug-likeness (QED) is 0.0316. The van der Waals surface area contributed by atoms with Crippen molar-refractivity contribution in [1.82, 2.24) is 55.2 Å². The third kappa shape index (κ3) is 12.3. The van der Waals surface area contributed by atoms with Gasteiger partial charge in [0, 0.05) is 82.0 Å². The van der Waals surface area contributed by atoms with E-state index in [1.165, 1.54) is 30.4 Å². The summed E-state index contributed by atoms with van der Waals surface area (Å²) in [5.74, 6) is -0.336. The third-order valence-corrected chi connectivity index (χ3v) is 12.8. The molecule has 0 radical (unpaired) electrons. The minimum atomic E-state index is -1.02. The number of carboxylic acids is 1. The number of nitrogen functional groups attached to an aromatic ring is 2. The smallest absolute Gasteiger partial charge is 0.328 e. The summed E-state index contributed by atoms with van der Waals surface area (Å²) in [4.78, 5) is 69.9. The summed E-state index contributed by atoms with van der Waals surface area (Å²) in [5, 5.41) is 31.5. The van der Waals surface area contributed by atoms with Crippen LogP contribution in [-0.2, 0) is 61.0 Å². The minimum absolute atomic E-state index is 0.0147. The molecule has 73 heavy (non-hydrogen) atoms. The molecule has 0 unspecified atom stereocenters. The van der Waals surface area contributed by atoms with Gasteiger partial charge in [0.1, 0.15) is 29.6 Å².